The quantitative estimate of drug-likeness (QED) is 0.190. The van der Waals surface area contributed by atoms with Gasteiger partial charge in [0, 0.05) is 12.1 Å². The third kappa shape index (κ3) is 9.60. The van der Waals surface area contributed by atoms with Crippen LogP contribution in [0.2, 0.25) is 0 Å². The van der Waals surface area contributed by atoms with Crippen molar-refractivity contribution in [3.8, 4) is 28.7 Å². The zero-order valence-corrected chi connectivity index (χ0v) is 23.2. The Morgan fingerprint density at radius 3 is 1.63 bits per heavy atom. The molecule has 8 heteroatoms. The Kier molecular flexibility index (Phi) is 15.6. The summed E-state index contributed by atoms with van der Waals surface area (Å²) < 4.78 is 29.2. The number of hydrogen-bond acceptors (Lipinski definition) is 6. The minimum Gasteiger partial charge on any atom is -0.496 e. The Bertz CT molecular complexity index is 852. The predicted octanol–water partition coefficient (Wildman–Crippen LogP) is 3.39. The molecule has 0 heterocycles. The normalized spacial score (nSPS) is 10.7. The van der Waals surface area contributed by atoms with Gasteiger partial charge in [-0.25, -0.2) is 0 Å². The molecule has 2 aromatic carbocycles. The Morgan fingerprint density at radius 1 is 0.743 bits per heavy atom. The van der Waals surface area contributed by atoms with Gasteiger partial charge in [0.25, 0.3) is 0 Å². The summed E-state index contributed by atoms with van der Waals surface area (Å²) in [5.41, 5.74) is 0.322. The van der Waals surface area contributed by atoms with Gasteiger partial charge in [0.05, 0.1) is 39.3 Å². The number of carbonyl (C=O) groups excluding carboxylic acids is 1. The molecule has 0 amide bonds. The van der Waals surface area contributed by atoms with Crippen molar-refractivity contribution in [2.24, 2.45) is 0 Å². The molecule has 6 nitrogen and oxygen atoms in total. The summed E-state index contributed by atoms with van der Waals surface area (Å²) in [5.74, 6) is 2.93. The first-order valence-corrected chi connectivity index (χ1v) is 13.2. The fourth-order valence-electron chi connectivity index (χ4n) is 3.24. The van der Waals surface area contributed by atoms with Gasteiger partial charge in [-0.15, -0.1) is 0 Å². The van der Waals surface area contributed by atoms with E-state index in [0.29, 0.717) is 54.1 Å². The Labute approximate surface area is 224 Å². The smallest absolute Gasteiger partial charge is 0.496 e. The minimum atomic E-state index is -0.230. The molecule has 35 heavy (non-hydrogen) atoms. The van der Waals surface area contributed by atoms with E-state index in [-0.39, 0.29) is 33.0 Å². The summed E-state index contributed by atoms with van der Waals surface area (Å²) in [6, 6.07) is 9.10. The molecule has 0 saturated carbocycles. The van der Waals surface area contributed by atoms with E-state index in [4.69, 9.17) is 23.7 Å². The monoisotopic (exact) mass is 497 g/mol. The summed E-state index contributed by atoms with van der Waals surface area (Å²) in [4.78, 5) is 13.5. The second-order valence-corrected chi connectivity index (χ2v) is 9.10. The molecule has 0 fully saturated rings. The second-order valence-electron chi connectivity index (χ2n) is 7.89. The van der Waals surface area contributed by atoms with Crippen LogP contribution in [0.15, 0.2) is 30.3 Å². The third-order valence-corrected chi connectivity index (χ3v) is 6.43. The average Bonchev–Trinajstić information content (AvgIpc) is 2.85. The molecule has 2 aromatic rings. The summed E-state index contributed by atoms with van der Waals surface area (Å²) >= 11 is 0. The first-order valence-electron chi connectivity index (χ1n) is 12.2. The third-order valence-electron chi connectivity index (χ3n) is 5.21. The molecule has 0 spiro atoms. The topological polar surface area (TPSA) is 63.2 Å². The molecule has 0 saturated heterocycles. The van der Waals surface area contributed by atoms with Gasteiger partial charge in [0.15, 0.2) is 5.52 Å². The van der Waals surface area contributed by atoms with Crippen molar-refractivity contribution in [3.05, 3.63) is 35.9 Å². The van der Waals surface area contributed by atoms with Crippen molar-refractivity contribution in [2.45, 2.75) is 59.3 Å². The number of benzene rings is 2. The number of hydrogen-bond donors (Lipinski definition) is 0. The van der Waals surface area contributed by atoms with Gasteiger partial charge in [0.2, 0.25) is 0 Å². The molecule has 0 radical (unpaired) electrons. The van der Waals surface area contributed by atoms with Crippen LogP contribution >= 0.6 is 8.58 Å². The zero-order chi connectivity index (χ0) is 24.8. The van der Waals surface area contributed by atoms with Crippen LogP contribution in [0, 0.1) is 0 Å². The maximum atomic E-state index is 13.5. The van der Waals surface area contributed by atoms with E-state index in [2.05, 4.69) is 20.8 Å². The largest absolute Gasteiger partial charge is 1.00 e. The molecular formula is C27H39LiO6P+. The van der Waals surface area contributed by atoms with E-state index in [1.54, 1.807) is 32.4 Å². The second kappa shape index (κ2) is 17.5. The fourth-order valence-corrected chi connectivity index (χ4v) is 4.37. The number of rotatable bonds is 17. The molecule has 0 aliphatic heterocycles. The van der Waals surface area contributed by atoms with E-state index in [1.165, 1.54) is 0 Å². The molecule has 0 aliphatic rings. The van der Waals surface area contributed by atoms with Crippen LogP contribution < -0.4 is 47.8 Å². The van der Waals surface area contributed by atoms with E-state index < -0.39 is 0 Å². The molecule has 0 aliphatic carbocycles. The summed E-state index contributed by atoms with van der Waals surface area (Å²) in [5, 5.41) is 0.744. The van der Waals surface area contributed by atoms with Crippen LogP contribution in [0.1, 0.15) is 69.7 Å². The number of ether oxygens (including phenoxy) is 5. The Balaban J connectivity index is 0.00000612. The van der Waals surface area contributed by atoms with Crippen molar-refractivity contribution in [2.75, 3.05) is 34.0 Å². The summed E-state index contributed by atoms with van der Waals surface area (Å²) in [7, 11) is 2.87. The van der Waals surface area contributed by atoms with Crippen molar-refractivity contribution in [3.63, 3.8) is 0 Å². The van der Waals surface area contributed by atoms with Gasteiger partial charge in [-0.2, -0.15) is 0 Å². The van der Waals surface area contributed by atoms with E-state index in [0.717, 1.165) is 43.8 Å². The first kappa shape index (κ1) is 31.2. The van der Waals surface area contributed by atoms with Crippen LogP contribution in [0.25, 0.3) is 0 Å². The van der Waals surface area contributed by atoms with Crippen LogP contribution in [0.4, 0.5) is 0 Å². The van der Waals surface area contributed by atoms with E-state index in [9.17, 15) is 4.79 Å². The minimum absolute atomic E-state index is 0. The molecule has 2 rings (SSSR count). The molecule has 0 bridgehead atoms. The molecule has 188 valence electrons. The van der Waals surface area contributed by atoms with Gasteiger partial charge < -0.3 is 23.7 Å². The Hall–Kier alpha value is -1.86. The molecule has 0 N–H and O–H groups in total. The SMILES string of the molecule is CCCCOc1cc(OCCCC)c(PC(=O)c2c(OC)cccc2OC)c(OCCCC)c1.[Li+]. The predicted molar refractivity (Wildman–Crippen MR) is 139 cm³/mol. The van der Waals surface area contributed by atoms with Crippen molar-refractivity contribution in [1.82, 2.24) is 0 Å². The van der Waals surface area contributed by atoms with Crippen LogP contribution in [-0.4, -0.2) is 39.6 Å². The van der Waals surface area contributed by atoms with Gasteiger partial charge in [-0.3, -0.25) is 4.79 Å². The first-order chi connectivity index (χ1) is 16.6. The maximum Gasteiger partial charge on any atom is 1.00 e. The van der Waals surface area contributed by atoms with Crippen LogP contribution in [0.3, 0.4) is 0 Å². The number of unbranched alkanes of at least 4 members (excludes halogenated alkanes) is 3. The van der Waals surface area contributed by atoms with Crippen molar-refractivity contribution >= 4 is 19.4 Å². The van der Waals surface area contributed by atoms with Crippen molar-refractivity contribution in [1.29, 1.82) is 0 Å². The van der Waals surface area contributed by atoms with Crippen molar-refractivity contribution < 1.29 is 47.3 Å². The standard InChI is InChI=1S/C27H39O6P.Li/c1-6-9-15-31-20-18-23(32-16-10-7-2)26(24(19-20)33-17-11-8-3)34-27(28)25-21(29-4)13-12-14-22(25)30-5;/h12-14,18-19,34H,6-11,15-17H2,1-5H3;/q;+1. The van der Waals surface area contributed by atoms with Crippen LogP contribution in [0.5, 0.6) is 28.7 Å². The number of methoxy groups -OCH3 is 2. The summed E-state index contributed by atoms with van der Waals surface area (Å²) in [6.45, 7) is 8.11. The van der Waals surface area contributed by atoms with Crippen LogP contribution in [-0.2, 0) is 0 Å². The van der Waals surface area contributed by atoms with Gasteiger partial charge in [-0.1, -0.05) is 46.1 Å². The Morgan fingerprint density at radius 2 is 1.20 bits per heavy atom. The van der Waals surface area contributed by atoms with Gasteiger partial charge >= 0.3 is 18.9 Å². The average molecular weight is 498 g/mol. The van der Waals surface area contributed by atoms with E-state index in [1.807, 2.05) is 12.1 Å². The fraction of sp³-hybridized carbons (Fsp3) is 0.519. The number of carbonyl (C=O) groups is 1. The van der Waals surface area contributed by atoms with E-state index >= 15 is 0 Å². The maximum absolute atomic E-state index is 13.5. The molecule has 1 unspecified atom stereocenters. The summed E-state index contributed by atoms with van der Waals surface area (Å²) in [6.07, 6.45) is 5.89. The van der Waals surface area contributed by atoms with Gasteiger partial charge in [-0.05, 0) is 40.0 Å². The zero-order valence-electron chi connectivity index (χ0n) is 22.2. The molecule has 1 atom stereocenters. The van der Waals surface area contributed by atoms with Gasteiger partial charge in [0.1, 0.15) is 34.3 Å². The molecule has 0 aromatic heterocycles. The molecular weight excluding hydrogens is 458 g/mol.